The van der Waals surface area contributed by atoms with Gasteiger partial charge in [-0.1, -0.05) is 27.7 Å². The van der Waals surface area contributed by atoms with Crippen molar-refractivity contribution in [1.82, 2.24) is 9.55 Å². The van der Waals surface area contributed by atoms with E-state index in [0.717, 1.165) is 17.9 Å². The standard InChI is InChI=1S/C17H22ClIN2/c1-10(18)15-20-12-8-11(19)6-7-13(12)21(15)9-14-16(2,3)17(14,4)5/h6-8,10,14H,9H2,1-5H3. The van der Waals surface area contributed by atoms with Gasteiger partial charge in [0.15, 0.2) is 0 Å². The zero-order chi connectivity index (χ0) is 15.6. The molecule has 1 saturated carbocycles. The Hall–Kier alpha value is -0.290. The number of hydrogen-bond donors (Lipinski definition) is 0. The summed E-state index contributed by atoms with van der Waals surface area (Å²) in [4.78, 5) is 4.78. The molecule has 0 aliphatic heterocycles. The lowest BCUT2D eigenvalue weighted by Crippen LogP contribution is -2.09. The molecule has 1 aliphatic rings. The summed E-state index contributed by atoms with van der Waals surface area (Å²) >= 11 is 8.71. The second-order valence-electron chi connectivity index (χ2n) is 7.33. The third kappa shape index (κ3) is 2.31. The third-order valence-electron chi connectivity index (χ3n) is 5.78. The Bertz CT molecular complexity index is 686. The van der Waals surface area contributed by atoms with Crippen LogP contribution in [0, 0.1) is 20.3 Å². The molecule has 0 bridgehead atoms. The van der Waals surface area contributed by atoms with E-state index in [1.165, 1.54) is 9.09 Å². The molecule has 114 valence electrons. The van der Waals surface area contributed by atoms with Crippen LogP contribution in [0.5, 0.6) is 0 Å². The number of benzene rings is 1. The minimum atomic E-state index is -0.0694. The van der Waals surface area contributed by atoms with Crippen LogP contribution < -0.4 is 0 Å². The van der Waals surface area contributed by atoms with E-state index in [1.54, 1.807) is 0 Å². The molecule has 1 atom stereocenters. The zero-order valence-corrected chi connectivity index (χ0v) is 16.2. The van der Waals surface area contributed by atoms with Crippen molar-refractivity contribution in [2.75, 3.05) is 0 Å². The molecule has 1 fully saturated rings. The van der Waals surface area contributed by atoms with Gasteiger partial charge in [0.1, 0.15) is 5.82 Å². The largest absolute Gasteiger partial charge is 0.326 e. The van der Waals surface area contributed by atoms with Gasteiger partial charge >= 0.3 is 0 Å². The number of fused-ring (bicyclic) bond motifs is 1. The van der Waals surface area contributed by atoms with Crippen molar-refractivity contribution in [3.8, 4) is 0 Å². The number of nitrogens with zero attached hydrogens (tertiary/aromatic N) is 2. The summed E-state index contributed by atoms with van der Waals surface area (Å²) in [6.45, 7) is 12.5. The summed E-state index contributed by atoms with van der Waals surface area (Å²) in [6.07, 6.45) is 0. The Kier molecular flexibility index (Phi) is 3.60. The second-order valence-corrected chi connectivity index (χ2v) is 9.23. The van der Waals surface area contributed by atoms with Crippen LogP contribution in [-0.2, 0) is 6.54 Å². The highest BCUT2D eigenvalue weighted by molar-refractivity contribution is 14.1. The van der Waals surface area contributed by atoms with Gasteiger partial charge in [0.05, 0.1) is 16.4 Å². The zero-order valence-electron chi connectivity index (χ0n) is 13.2. The molecule has 1 heterocycles. The second kappa shape index (κ2) is 4.85. The topological polar surface area (TPSA) is 17.8 Å². The van der Waals surface area contributed by atoms with Crippen LogP contribution in [0.25, 0.3) is 11.0 Å². The molecule has 0 amide bonds. The molecule has 1 aromatic heterocycles. The van der Waals surface area contributed by atoms with Gasteiger partial charge < -0.3 is 4.57 Å². The monoisotopic (exact) mass is 416 g/mol. The van der Waals surface area contributed by atoms with Gasteiger partial charge in [-0.3, -0.25) is 0 Å². The summed E-state index contributed by atoms with van der Waals surface area (Å²) < 4.78 is 3.55. The van der Waals surface area contributed by atoms with Crippen LogP contribution in [0.4, 0.5) is 0 Å². The van der Waals surface area contributed by atoms with E-state index in [4.69, 9.17) is 16.6 Å². The van der Waals surface area contributed by atoms with Crippen molar-refractivity contribution < 1.29 is 0 Å². The molecule has 1 aromatic carbocycles. The quantitative estimate of drug-likeness (QED) is 0.469. The van der Waals surface area contributed by atoms with E-state index in [0.29, 0.717) is 16.7 Å². The number of halogens is 2. The van der Waals surface area contributed by atoms with Crippen molar-refractivity contribution in [2.24, 2.45) is 16.7 Å². The first kappa shape index (κ1) is 15.6. The number of imidazole rings is 1. The lowest BCUT2D eigenvalue weighted by atomic mass is 10.0. The van der Waals surface area contributed by atoms with Crippen molar-refractivity contribution in [1.29, 1.82) is 0 Å². The Morgan fingerprint density at radius 3 is 2.43 bits per heavy atom. The molecule has 21 heavy (non-hydrogen) atoms. The molecule has 0 saturated heterocycles. The molecule has 1 aliphatic carbocycles. The van der Waals surface area contributed by atoms with Crippen LogP contribution in [0.15, 0.2) is 18.2 Å². The first-order valence-corrected chi connectivity index (χ1v) is 8.97. The van der Waals surface area contributed by atoms with Gasteiger partial charge in [0.2, 0.25) is 0 Å². The third-order valence-corrected chi connectivity index (χ3v) is 6.65. The van der Waals surface area contributed by atoms with Crippen LogP contribution >= 0.6 is 34.2 Å². The van der Waals surface area contributed by atoms with E-state index < -0.39 is 0 Å². The molecular weight excluding hydrogens is 395 g/mol. The molecule has 0 N–H and O–H groups in total. The number of aromatic nitrogens is 2. The molecule has 2 aromatic rings. The van der Waals surface area contributed by atoms with Gasteiger partial charge in [-0.15, -0.1) is 11.6 Å². The number of hydrogen-bond acceptors (Lipinski definition) is 1. The first-order chi connectivity index (χ1) is 9.66. The maximum atomic E-state index is 6.38. The van der Waals surface area contributed by atoms with E-state index in [1.807, 2.05) is 6.92 Å². The maximum absolute atomic E-state index is 6.38. The average Bonchev–Trinajstić information content (AvgIpc) is 2.70. The smallest absolute Gasteiger partial charge is 0.127 e. The molecule has 1 unspecified atom stereocenters. The van der Waals surface area contributed by atoms with Crippen LogP contribution in [-0.4, -0.2) is 9.55 Å². The Labute approximate surface area is 145 Å². The SMILES string of the molecule is CC(Cl)c1nc2cc(I)ccc2n1CC1C(C)(C)C1(C)C. The molecule has 2 nitrogen and oxygen atoms in total. The summed E-state index contributed by atoms with van der Waals surface area (Å²) in [5.74, 6) is 1.66. The molecule has 0 spiro atoms. The predicted molar refractivity (Wildman–Crippen MR) is 97.8 cm³/mol. The van der Waals surface area contributed by atoms with Crippen LogP contribution in [0.2, 0.25) is 0 Å². The Morgan fingerprint density at radius 2 is 1.90 bits per heavy atom. The number of rotatable bonds is 3. The fraction of sp³-hybridized carbons (Fsp3) is 0.588. The summed E-state index contributed by atoms with van der Waals surface area (Å²) in [5.41, 5.74) is 3.01. The predicted octanol–water partition coefficient (Wildman–Crippen LogP) is 5.62. The van der Waals surface area contributed by atoms with Crippen molar-refractivity contribution in [3.63, 3.8) is 0 Å². The van der Waals surface area contributed by atoms with E-state index >= 15 is 0 Å². The van der Waals surface area contributed by atoms with Crippen LogP contribution in [0.3, 0.4) is 0 Å². The van der Waals surface area contributed by atoms with Gasteiger partial charge in [0, 0.05) is 10.1 Å². The highest BCUT2D eigenvalue weighted by Crippen LogP contribution is 2.69. The lowest BCUT2D eigenvalue weighted by molar-refractivity contribution is 0.457. The van der Waals surface area contributed by atoms with Gasteiger partial charge in [-0.2, -0.15) is 0 Å². The molecule has 0 radical (unpaired) electrons. The fourth-order valence-electron chi connectivity index (χ4n) is 3.59. The molecule has 3 rings (SSSR count). The molecular formula is C17H22ClIN2. The van der Waals surface area contributed by atoms with E-state index in [9.17, 15) is 0 Å². The summed E-state index contributed by atoms with van der Waals surface area (Å²) in [5, 5.41) is -0.0694. The van der Waals surface area contributed by atoms with E-state index in [2.05, 4.69) is 73.1 Å². The minimum Gasteiger partial charge on any atom is -0.326 e. The number of alkyl halides is 1. The maximum Gasteiger partial charge on any atom is 0.127 e. The van der Waals surface area contributed by atoms with Crippen molar-refractivity contribution >= 4 is 45.2 Å². The van der Waals surface area contributed by atoms with Crippen LogP contribution in [0.1, 0.15) is 45.8 Å². The fourth-order valence-corrected chi connectivity index (χ4v) is 4.23. The normalized spacial score (nSPS) is 21.7. The summed E-state index contributed by atoms with van der Waals surface area (Å²) in [7, 11) is 0. The Balaban J connectivity index is 2.07. The minimum absolute atomic E-state index is 0.0694. The summed E-state index contributed by atoms with van der Waals surface area (Å²) in [6, 6.07) is 6.46. The van der Waals surface area contributed by atoms with Gasteiger partial charge in [-0.05, 0) is 64.5 Å². The molecule has 4 heteroatoms. The van der Waals surface area contributed by atoms with Gasteiger partial charge in [-0.25, -0.2) is 4.98 Å². The Morgan fingerprint density at radius 1 is 1.29 bits per heavy atom. The lowest BCUT2D eigenvalue weighted by Gasteiger charge is -2.12. The highest BCUT2D eigenvalue weighted by Gasteiger charge is 2.64. The van der Waals surface area contributed by atoms with Crippen molar-refractivity contribution in [2.45, 2.75) is 46.5 Å². The van der Waals surface area contributed by atoms with Crippen molar-refractivity contribution in [3.05, 3.63) is 27.6 Å². The highest BCUT2D eigenvalue weighted by atomic mass is 127. The van der Waals surface area contributed by atoms with E-state index in [-0.39, 0.29) is 5.38 Å². The van der Waals surface area contributed by atoms with Gasteiger partial charge in [0.25, 0.3) is 0 Å². The average molecular weight is 417 g/mol. The first-order valence-electron chi connectivity index (χ1n) is 7.46.